The van der Waals surface area contributed by atoms with E-state index in [0.717, 1.165) is 0 Å². The van der Waals surface area contributed by atoms with Crippen molar-refractivity contribution >= 4 is 35.0 Å². The summed E-state index contributed by atoms with van der Waals surface area (Å²) in [6.45, 7) is 9.41. The van der Waals surface area contributed by atoms with E-state index in [4.69, 9.17) is 0 Å². The van der Waals surface area contributed by atoms with Crippen LogP contribution in [0.1, 0.15) is 40.7 Å². The molecule has 26 heavy (non-hydrogen) atoms. The predicted octanol–water partition coefficient (Wildman–Crippen LogP) is 3.10. The summed E-state index contributed by atoms with van der Waals surface area (Å²) in [5, 5.41) is 11.2. The van der Waals surface area contributed by atoms with E-state index < -0.39 is 10.8 Å². The number of carbonyl (C=O) groups excluding carboxylic acids is 2. The van der Waals surface area contributed by atoms with Crippen molar-refractivity contribution in [1.29, 1.82) is 0 Å². The van der Waals surface area contributed by atoms with E-state index >= 15 is 0 Å². The van der Waals surface area contributed by atoms with Gasteiger partial charge in [0.2, 0.25) is 11.8 Å². The van der Waals surface area contributed by atoms with E-state index in [1.807, 2.05) is 43.5 Å². The van der Waals surface area contributed by atoms with Gasteiger partial charge in [-0.3, -0.25) is 14.5 Å². The average molecular weight is 373 g/mol. The minimum Gasteiger partial charge on any atom is -0.322 e. The highest BCUT2D eigenvalue weighted by Crippen LogP contribution is 2.38. The zero-order valence-electron chi connectivity index (χ0n) is 15.6. The SMILES string of the molecule is CC(C)n1cnnc1S[C@@H](C)C(=O)N1c2ccccc2NC(=O)C1(C)C. The summed E-state index contributed by atoms with van der Waals surface area (Å²) >= 11 is 1.35. The van der Waals surface area contributed by atoms with Crippen molar-refractivity contribution in [2.24, 2.45) is 0 Å². The van der Waals surface area contributed by atoms with E-state index in [-0.39, 0.29) is 17.9 Å². The van der Waals surface area contributed by atoms with Gasteiger partial charge in [0, 0.05) is 6.04 Å². The van der Waals surface area contributed by atoms with Crippen LogP contribution in [0.2, 0.25) is 0 Å². The van der Waals surface area contributed by atoms with Crippen LogP contribution in [0, 0.1) is 0 Å². The molecule has 1 aliphatic rings. The summed E-state index contributed by atoms with van der Waals surface area (Å²) in [4.78, 5) is 27.4. The molecule has 1 aromatic carbocycles. The second-order valence-corrected chi connectivity index (χ2v) is 8.39. The van der Waals surface area contributed by atoms with Gasteiger partial charge in [0.15, 0.2) is 5.16 Å². The Morgan fingerprint density at radius 2 is 1.92 bits per heavy atom. The summed E-state index contributed by atoms with van der Waals surface area (Å²) in [6.07, 6.45) is 1.66. The maximum atomic E-state index is 13.3. The second-order valence-electron chi connectivity index (χ2n) is 7.08. The lowest BCUT2D eigenvalue weighted by atomic mass is 9.96. The Balaban J connectivity index is 1.92. The summed E-state index contributed by atoms with van der Waals surface area (Å²) in [7, 11) is 0. The molecule has 0 unspecified atom stereocenters. The molecule has 7 nitrogen and oxygen atoms in total. The quantitative estimate of drug-likeness (QED) is 0.833. The van der Waals surface area contributed by atoms with Crippen molar-refractivity contribution < 1.29 is 9.59 Å². The number of nitrogens with zero attached hydrogens (tertiary/aromatic N) is 4. The van der Waals surface area contributed by atoms with Gasteiger partial charge in [-0.05, 0) is 46.8 Å². The van der Waals surface area contributed by atoms with Crippen LogP contribution in [0.4, 0.5) is 11.4 Å². The van der Waals surface area contributed by atoms with E-state index in [9.17, 15) is 9.59 Å². The fourth-order valence-corrected chi connectivity index (χ4v) is 3.90. The van der Waals surface area contributed by atoms with E-state index in [1.165, 1.54) is 11.8 Å². The van der Waals surface area contributed by atoms with Crippen LogP contribution in [0.15, 0.2) is 35.7 Å². The van der Waals surface area contributed by atoms with Crippen LogP contribution in [0.5, 0.6) is 0 Å². The van der Waals surface area contributed by atoms with Gasteiger partial charge in [-0.25, -0.2) is 0 Å². The number of fused-ring (bicyclic) bond motifs is 1. The molecule has 0 bridgehead atoms. The Kier molecular flexibility index (Phi) is 4.79. The highest BCUT2D eigenvalue weighted by atomic mass is 32.2. The maximum Gasteiger partial charge on any atom is 0.250 e. The molecule has 1 aromatic heterocycles. The molecule has 1 atom stereocenters. The molecular weight excluding hydrogens is 350 g/mol. The molecule has 8 heteroatoms. The van der Waals surface area contributed by atoms with Crippen molar-refractivity contribution in [3.8, 4) is 0 Å². The first kappa shape index (κ1) is 18.4. The number of para-hydroxylation sites is 2. The topological polar surface area (TPSA) is 80.1 Å². The van der Waals surface area contributed by atoms with Crippen LogP contribution in [0.3, 0.4) is 0 Å². The standard InChI is InChI=1S/C18H23N5O2S/c1-11(2)22-10-19-21-17(22)26-12(3)15(24)23-14-9-7-6-8-13(14)20-16(25)18(23,4)5/h6-12H,1-5H3,(H,20,25)/t12-/m0/s1. The third-order valence-electron chi connectivity index (χ3n) is 4.45. The lowest BCUT2D eigenvalue weighted by Gasteiger charge is -2.43. The fraction of sp³-hybridized carbons (Fsp3) is 0.444. The number of nitrogens with one attached hydrogen (secondary N) is 1. The molecule has 2 amide bonds. The number of benzene rings is 1. The molecule has 0 saturated carbocycles. The Hall–Kier alpha value is -2.35. The molecule has 0 spiro atoms. The number of amides is 2. The summed E-state index contributed by atoms with van der Waals surface area (Å²) in [6, 6.07) is 7.55. The summed E-state index contributed by atoms with van der Waals surface area (Å²) in [5.41, 5.74) is 0.374. The van der Waals surface area contributed by atoms with Crippen molar-refractivity contribution in [2.75, 3.05) is 10.2 Å². The number of anilines is 2. The smallest absolute Gasteiger partial charge is 0.250 e. The number of carbonyl (C=O) groups is 2. The molecule has 138 valence electrons. The zero-order valence-corrected chi connectivity index (χ0v) is 16.4. The van der Waals surface area contributed by atoms with Gasteiger partial charge in [-0.2, -0.15) is 0 Å². The molecular formula is C18H23N5O2S. The molecule has 2 aromatic rings. The van der Waals surface area contributed by atoms with Crippen molar-refractivity contribution in [2.45, 2.75) is 56.6 Å². The number of hydrogen-bond acceptors (Lipinski definition) is 5. The monoisotopic (exact) mass is 373 g/mol. The minimum absolute atomic E-state index is 0.138. The normalized spacial score (nSPS) is 17.0. The van der Waals surface area contributed by atoms with Crippen molar-refractivity contribution in [3.05, 3.63) is 30.6 Å². The second kappa shape index (κ2) is 6.75. The first-order valence-electron chi connectivity index (χ1n) is 8.54. The number of rotatable bonds is 4. The van der Waals surface area contributed by atoms with Gasteiger partial charge in [0.1, 0.15) is 11.9 Å². The maximum absolute atomic E-state index is 13.3. The first-order valence-corrected chi connectivity index (χ1v) is 9.42. The van der Waals surface area contributed by atoms with E-state index in [2.05, 4.69) is 15.5 Å². The number of thioether (sulfide) groups is 1. The highest BCUT2D eigenvalue weighted by Gasteiger charge is 2.44. The van der Waals surface area contributed by atoms with Crippen LogP contribution in [-0.2, 0) is 9.59 Å². The molecule has 1 N–H and O–H groups in total. The summed E-state index contributed by atoms with van der Waals surface area (Å²) < 4.78 is 1.93. The lowest BCUT2D eigenvalue weighted by Crippen LogP contribution is -2.60. The fourth-order valence-electron chi connectivity index (χ4n) is 2.91. The molecule has 0 aliphatic carbocycles. The molecule has 3 rings (SSSR count). The highest BCUT2D eigenvalue weighted by molar-refractivity contribution is 8.00. The van der Waals surface area contributed by atoms with E-state index in [0.29, 0.717) is 16.5 Å². The van der Waals surface area contributed by atoms with Gasteiger partial charge in [-0.1, -0.05) is 23.9 Å². The van der Waals surface area contributed by atoms with Crippen molar-refractivity contribution in [3.63, 3.8) is 0 Å². The average Bonchev–Trinajstić information content (AvgIpc) is 3.03. The third-order valence-corrected chi connectivity index (χ3v) is 5.51. The van der Waals surface area contributed by atoms with Crippen LogP contribution >= 0.6 is 11.8 Å². The van der Waals surface area contributed by atoms with Gasteiger partial charge >= 0.3 is 0 Å². The Labute approximate surface area is 157 Å². The predicted molar refractivity (Wildman–Crippen MR) is 102 cm³/mol. The molecule has 0 radical (unpaired) electrons. The van der Waals surface area contributed by atoms with Gasteiger partial charge in [-0.15, -0.1) is 10.2 Å². The number of aromatic nitrogens is 3. The van der Waals surface area contributed by atoms with Crippen LogP contribution in [-0.4, -0.2) is 37.4 Å². The largest absolute Gasteiger partial charge is 0.322 e. The first-order chi connectivity index (χ1) is 12.2. The zero-order chi connectivity index (χ0) is 19.1. The van der Waals surface area contributed by atoms with Crippen molar-refractivity contribution in [1.82, 2.24) is 14.8 Å². The Morgan fingerprint density at radius 3 is 2.62 bits per heavy atom. The van der Waals surface area contributed by atoms with Gasteiger partial charge < -0.3 is 9.88 Å². The third kappa shape index (κ3) is 3.09. The van der Waals surface area contributed by atoms with Gasteiger partial charge in [0.25, 0.3) is 0 Å². The summed E-state index contributed by atoms with van der Waals surface area (Å²) in [5.74, 6) is -0.340. The van der Waals surface area contributed by atoms with E-state index in [1.54, 1.807) is 31.1 Å². The molecule has 1 aliphatic heterocycles. The van der Waals surface area contributed by atoms with Gasteiger partial charge in [0.05, 0.1) is 16.6 Å². The minimum atomic E-state index is -0.980. The molecule has 2 heterocycles. The lowest BCUT2D eigenvalue weighted by molar-refractivity contribution is -0.126. The Morgan fingerprint density at radius 1 is 1.23 bits per heavy atom. The van der Waals surface area contributed by atoms with Crippen LogP contribution < -0.4 is 10.2 Å². The van der Waals surface area contributed by atoms with Crippen LogP contribution in [0.25, 0.3) is 0 Å². The Bertz CT molecular complexity index is 846. The molecule has 0 fully saturated rings. The molecule has 0 saturated heterocycles. The number of hydrogen-bond donors (Lipinski definition) is 1.